The van der Waals surface area contributed by atoms with Gasteiger partial charge in [0.2, 0.25) is 0 Å². The molecular formula is C10H12BrN3O2. The summed E-state index contributed by atoms with van der Waals surface area (Å²) in [7, 11) is 0. The summed E-state index contributed by atoms with van der Waals surface area (Å²) in [4.78, 5) is 10.4. The predicted octanol–water partition coefficient (Wildman–Crippen LogP) is 1.85. The first-order chi connectivity index (χ1) is 7.63. The van der Waals surface area contributed by atoms with Gasteiger partial charge in [-0.3, -0.25) is 0 Å². The summed E-state index contributed by atoms with van der Waals surface area (Å²) in [5.41, 5.74) is 7.80. The lowest BCUT2D eigenvalue weighted by atomic mass is 10.2. The van der Waals surface area contributed by atoms with Crippen molar-refractivity contribution in [3.05, 3.63) is 28.2 Å². The number of rotatable bonds is 4. The van der Waals surface area contributed by atoms with Crippen molar-refractivity contribution in [2.24, 2.45) is 10.8 Å². The molecule has 0 aliphatic carbocycles. The number of hydrogen-bond acceptors (Lipinski definition) is 3. The summed E-state index contributed by atoms with van der Waals surface area (Å²) in [6.45, 7) is 2.52. The molecule has 16 heavy (non-hydrogen) atoms. The zero-order chi connectivity index (χ0) is 12.0. The Morgan fingerprint density at radius 2 is 2.44 bits per heavy atom. The number of urea groups is 1. The van der Waals surface area contributed by atoms with E-state index in [4.69, 9.17) is 10.5 Å². The van der Waals surface area contributed by atoms with Crippen molar-refractivity contribution in [1.82, 2.24) is 5.43 Å². The topological polar surface area (TPSA) is 76.7 Å². The van der Waals surface area contributed by atoms with Crippen molar-refractivity contribution < 1.29 is 9.53 Å². The molecule has 1 rings (SSSR count). The second-order valence-electron chi connectivity index (χ2n) is 2.86. The second kappa shape index (κ2) is 6.12. The summed E-state index contributed by atoms with van der Waals surface area (Å²) >= 11 is 3.37. The van der Waals surface area contributed by atoms with Gasteiger partial charge in [0, 0.05) is 0 Å². The highest BCUT2D eigenvalue weighted by molar-refractivity contribution is 9.10. The van der Waals surface area contributed by atoms with Crippen molar-refractivity contribution in [3.8, 4) is 5.75 Å². The monoisotopic (exact) mass is 285 g/mol. The van der Waals surface area contributed by atoms with Crippen LogP contribution < -0.4 is 15.9 Å². The van der Waals surface area contributed by atoms with Crippen LogP contribution in [0.5, 0.6) is 5.75 Å². The number of nitrogens with one attached hydrogen (secondary N) is 1. The second-order valence-corrected chi connectivity index (χ2v) is 3.71. The Morgan fingerprint density at radius 1 is 1.69 bits per heavy atom. The molecule has 2 amide bonds. The van der Waals surface area contributed by atoms with Crippen molar-refractivity contribution in [2.75, 3.05) is 6.61 Å². The van der Waals surface area contributed by atoms with Crippen molar-refractivity contribution in [1.29, 1.82) is 0 Å². The molecule has 1 aromatic carbocycles. The minimum Gasteiger partial charge on any atom is -0.493 e. The van der Waals surface area contributed by atoms with Gasteiger partial charge in [-0.05, 0) is 46.6 Å². The molecule has 0 fully saturated rings. The van der Waals surface area contributed by atoms with Gasteiger partial charge >= 0.3 is 6.03 Å². The number of carbonyl (C=O) groups is 1. The van der Waals surface area contributed by atoms with E-state index in [9.17, 15) is 4.79 Å². The number of carbonyl (C=O) groups excluding carboxylic acids is 1. The highest BCUT2D eigenvalue weighted by Crippen LogP contribution is 2.25. The molecule has 5 nitrogen and oxygen atoms in total. The molecule has 0 saturated heterocycles. The fraction of sp³-hybridized carbons (Fsp3) is 0.200. The molecule has 0 bridgehead atoms. The summed E-state index contributed by atoms with van der Waals surface area (Å²) in [5.74, 6) is 0.766. The van der Waals surface area contributed by atoms with Crippen LogP contribution in [-0.4, -0.2) is 18.9 Å². The van der Waals surface area contributed by atoms with E-state index in [1.54, 1.807) is 0 Å². The first-order valence-corrected chi connectivity index (χ1v) is 5.43. The van der Waals surface area contributed by atoms with Crippen LogP contribution >= 0.6 is 15.9 Å². The van der Waals surface area contributed by atoms with Gasteiger partial charge in [0.1, 0.15) is 5.75 Å². The van der Waals surface area contributed by atoms with Crippen LogP contribution in [0.4, 0.5) is 4.79 Å². The lowest BCUT2D eigenvalue weighted by molar-refractivity contribution is 0.249. The minimum atomic E-state index is -0.693. The van der Waals surface area contributed by atoms with Crippen LogP contribution in [-0.2, 0) is 0 Å². The summed E-state index contributed by atoms with van der Waals surface area (Å²) < 4.78 is 6.18. The summed E-state index contributed by atoms with van der Waals surface area (Å²) in [6, 6.07) is 4.78. The average molecular weight is 286 g/mol. The molecule has 0 atom stereocenters. The maximum absolute atomic E-state index is 10.4. The van der Waals surface area contributed by atoms with Crippen molar-refractivity contribution >= 4 is 28.2 Å². The number of hydrazone groups is 1. The van der Waals surface area contributed by atoms with E-state index in [2.05, 4.69) is 26.5 Å². The molecule has 0 aliphatic rings. The normalized spacial score (nSPS) is 10.4. The summed E-state index contributed by atoms with van der Waals surface area (Å²) in [6.07, 6.45) is 1.49. The number of benzene rings is 1. The molecule has 0 heterocycles. The zero-order valence-electron chi connectivity index (χ0n) is 8.74. The average Bonchev–Trinajstić information content (AvgIpc) is 2.21. The molecule has 0 spiro atoms. The maximum Gasteiger partial charge on any atom is 0.332 e. The van der Waals surface area contributed by atoms with Crippen LogP contribution in [0.15, 0.2) is 27.8 Å². The molecule has 86 valence electrons. The predicted molar refractivity (Wildman–Crippen MR) is 65.6 cm³/mol. The van der Waals surface area contributed by atoms with Gasteiger partial charge in [-0.15, -0.1) is 0 Å². The molecular weight excluding hydrogens is 274 g/mol. The van der Waals surface area contributed by atoms with E-state index in [1.165, 1.54) is 6.21 Å². The highest BCUT2D eigenvalue weighted by atomic mass is 79.9. The largest absolute Gasteiger partial charge is 0.493 e. The van der Waals surface area contributed by atoms with Crippen molar-refractivity contribution in [2.45, 2.75) is 6.92 Å². The molecule has 6 heteroatoms. The standard InChI is InChI=1S/C10H12BrN3O2/c1-2-16-9-4-3-7(5-8(9)11)6-13-14-10(12)15/h3-6H,2H2,1H3,(H3,12,14,15)/b13-6-. The Balaban J connectivity index is 2.73. The Morgan fingerprint density at radius 3 is 3.00 bits per heavy atom. The van der Waals surface area contributed by atoms with E-state index in [0.717, 1.165) is 15.8 Å². The third-order valence-corrected chi connectivity index (χ3v) is 2.26. The Bertz CT molecular complexity index is 407. The molecule has 3 N–H and O–H groups in total. The SMILES string of the molecule is CCOc1ccc(/C=N\NC(N)=O)cc1Br. The van der Waals surface area contributed by atoms with Crippen molar-refractivity contribution in [3.63, 3.8) is 0 Å². The summed E-state index contributed by atoms with van der Waals surface area (Å²) in [5, 5.41) is 3.65. The van der Waals surface area contributed by atoms with Gasteiger partial charge in [-0.1, -0.05) is 0 Å². The lowest BCUT2D eigenvalue weighted by Crippen LogP contribution is -2.24. The molecule has 0 aliphatic heterocycles. The van der Waals surface area contributed by atoms with E-state index in [1.807, 2.05) is 25.1 Å². The smallest absolute Gasteiger partial charge is 0.332 e. The van der Waals surface area contributed by atoms with Gasteiger partial charge in [0.05, 0.1) is 17.3 Å². The first-order valence-electron chi connectivity index (χ1n) is 4.64. The fourth-order valence-electron chi connectivity index (χ4n) is 1.04. The van der Waals surface area contributed by atoms with Gasteiger partial charge < -0.3 is 10.5 Å². The lowest BCUT2D eigenvalue weighted by Gasteiger charge is -2.05. The number of primary amides is 1. The third kappa shape index (κ3) is 3.90. The zero-order valence-corrected chi connectivity index (χ0v) is 10.3. The first kappa shape index (κ1) is 12.5. The number of amides is 2. The Hall–Kier alpha value is -1.56. The molecule has 0 unspecified atom stereocenters. The van der Waals surface area contributed by atoms with E-state index < -0.39 is 6.03 Å². The van der Waals surface area contributed by atoms with Crippen LogP contribution in [0.25, 0.3) is 0 Å². The number of nitrogens with zero attached hydrogens (tertiary/aromatic N) is 1. The molecule has 0 aromatic heterocycles. The van der Waals surface area contributed by atoms with Crippen LogP contribution in [0, 0.1) is 0 Å². The minimum absolute atomic E-state index is 0.606. The molecule has 0 saturated carbocycles. The quantitative estimate of drug-likeness (QED) is 0.654. The number of halogens is 1. The third-order valence-electron chi connectivity index (χ3n) is 1.64. The Labute approximate surface area is 102 Å². The van der Waals surface area contributed by atoms with Crippen LogP contribution in [0.2, 0.25) is 0 Å². The van der Waals surface area contributed by atoms with Crippen LogP contribution in [0.3, 0.4) is 0 Å². The molecule has 0 radical (unpaired) electrons. The van der Waals surface area contributed by atoms with Crippen LogP contribution in [0.1, 0.15) is 12.5 Å². The van der Waals surface area contributed by atoms with Gasteiger partial charge in [-0.25, -0.2) is 10.2 Å². The number of nitrogens with two attached hydrogens (primary N) is 1. The van der Waals surface area contributed by atoms with E-state index in [-0.39, 0.29) is 0 Å². The van der Waals surface area contributed by atoms with E-state index in [0.29, 0.717) is 6.61 Å². The van der Waals surface area contributed by atoms with Gasteiger partial charge in [0.25, 0.3) is 0 Å². The van der Waals surface area contributed by atoms with E-state index >= 15 is 0 Å². The maximum atomic E-state index is 10.4. The van der Waals surface area contributed by atoms with Gasteiger partial charge in [-0.2, -0.15) is 5.10 Å². The number of ether oxygens (including phenoxy) is 1. The Kier molecular flexibility index (Phi) is 4.78. The highest BCUT2D eigenvalue weighted by Gasteiger charge is 2.00. The molecule has 1 aromatic rings. The van der Waals surface area contributed by atoms with Gasteiger partial charge in [0.15, 0.2) is 0 Å². The number of hydrogen-bond donors (Lipinski definition) is 2. The fourth-order valence-corrected chi connectivity index (χ4v) is 1.55.